The lowest BCUT2D eigenvalue weighted by Gasteiger charge is -2.15. The summed E-state index contributed by atoms with van der Waals surface area (Å²) in [5.41, 5.74) is 7.38. The number of rotatable bonds is 5. The van der Waals surface area contributed by atoms with E-state index in [-0.39, 0.29) is 0 Å². The van der Waals surface area contributed by atoms with Crippen LogP contribution in [-0.2, 0) is 0 Å². The van der Waals surface area contributed by atoms with E-state index >= 15 is 0 Å². The number of fused-ring (bicyclic) bond motifs is 9. The van der Waals surface area contributed by atoms with Gasteiger partial charge in [-0.1, -0.05) is 200 Å². The van der Waals surface area contributed by atoms with Crippen LogP contribution in [0.5, 0.6) is 0 Å². The highest BCUT2D eigenvalue weighted by atomic mass is 15.0. The summed E-state index contributed by atoms with van der Waals surface area (Å²) in [5.74, 6) is 1.90. The molecule has 0 fully saturated rings. The van der Waals surface area contributed by atoms with E-state index in [1.165, 1.54) is 64.8 Å². The molecule has 1 heterocycles. The van der Waals surface area contributed by atoms with Crippen LogP contribution in [0.25, 0.3) is 121 Å². The molecule has 0 unspecified atom stereocenters. The van der Waals surface area contributed by atoms with Gasteiger partial charge in [0.25, 0.3) is 0 Å². The van der Waals surface area contributed by atoms with Gasteiger partial charge in [-0.25, -0.2) is 15.0 Å². The predicted octanol–water partition coefficient (Wildman–Crippen LogP) is 15.1. The highest BCUT2D eigenvalue weighted by molar-refractivity contribution is 6.20. The summed E-state index contributed by atoms with van der Waals surface area (Å²) in [5, 5.41) is 14.8. The lowest BCUT2D eigenvalue weighted by atomic mass is 9.89. The van der Waals surface area contributed by atoms with Crippen LogP contribution in [-0.4, -0.2) is 15.0 Å². The Morgan fingerprint density at radius 3 is 1.42 bits per heavy atom. The summed E-state index contributed by atoms with van der Waals surface area (Å²) in [6.07, 6.45) is 0. The smallest absolute Gasteiger partial charge is 0.164 e. The summed E-state index contributed by atoms with van der Waals surface area (Å²) < 4.78 is 0. The molecule has 1 aromatic heterocycles. The fourth-order valence-corrected chi connectivity index (χ4v) is 9.19. The molecule has 0 amide bonds. The molecule has 0 N–H and O–H groups in total. The molecular weight excluding hydrogens is 727 g/mol. The first-order chi connectivity index (χ1) is 29.7. The molecule has 0 bridgehead atoms. The molecule has 12 rings (SSSR count). The van der Waals surface area contributed by atoms with Crippen LogP contribution in [0, 0.1) is 0 Å². The van der Waals surface area contributed by atoms with Gasteiger partial charge in [-0.15, -0.1) is 0 Å². The Hall–Kier alpha value is -8.01. The van der Waals surface area contributed by atoms with Gasteiger partial charge in [0.1, 0.15) is 0 Å². The minimum absolute atomic E-state index is 0.628. The van der Waals surface area contributed by atoms with Crippen molar-refractivity contribution in [1.29, 1.82) is 0 Å². The molecule has 0 radical (unpaired) electrons. The summed E-state index contributed by atoms with van der Waals surface area (Å²) in [6.45, 7) is 0. The molecule has 3 nitrogen and oxygen atoms in total. The van der Waals surface area contributed by atoms with Crippen LogP contribution in [0.3, 0.4) is 0 Å². The van der Waals surface area contributed by atoms with E-state index in [9.17, 15) is 0 Å². The average Bonchev–Trinajstić information content (AvgIpc) is 3.33. The van der Waals surface area contributed by atoms with E-state index in [1.807, 2.05) is 6.07 Å². The summed E-state index contributed by atoms with van der Waals surface area (Å²) in [4.78, 5) is 15.7. The van der Waals surface area contributed by atoms with Crippen molar-refractivity contribution in [3.05, 3.63) is 212 Å². The van der Waals surface area contributed by atoms with Gasteiger partial charge in [0, 0.05) is 16.7 Å². The van der Waals surface area contributed by atoms with Gasteiger partial charge in [0.05, 0.1) is 0 Å². The van der Waals surface area contributed by atoms with Crippen molar-refractivity contribution in [3.63, 3.8) is 0 Å². The fraction of sp³-hybridized carbons (Fsp3) is 0. The highest BCUT2D eigenvalue weighted by Crippen LogP contribution is 2.41. The molecule has 0 spiro atoms. The maximum absolute atomic E-state index is 5.23. The van der Waals surface area contributed by atoms with Gasteiger partial charge in [-0.3, -0.25) is 0 Å². The Bertz CT molecular complexity index is 3650. The Labute approximate surface area is 346 Å². The topological polar surface area (TPSA) is 38.7 Å². The van der Waals surface area contributed by atoms with E-state index in [1.54, 1.807) is 0 Å². The summed E-state index contributed by atoms with van der Waals surface area (Å²) in [7, 11) is 0. The zero-order valence-corrected chi connectivity index (χ0v) is 32.5. The fourth-order valence-electron chi connectivity index (χ4n) is 9.19. The van der Waals surface area contributed by atoms with Crippen LogP contribution < -0.4 is 0 Å². The number of benzene rings is 11. The number of nitrogens with zero attached hydrogens (tertiary/aromatic N) is 3. The third kappa shape index (κ3) is 5.63. The van der Waals surface area contributed by atoms with Crippen molar-refractivity contribution in [2.24, 2.45) is 0 Å². The van der Waals surface area contributed by atoms with Gasteiger partial charge in [-0.2, -0.15) is 0 Å². The van der Waals surface area contributed by atoms with Crippen molar-refractivity contribution in [2.45, 2.75) is 0 Å². The molecule has 11 aromatic carbocycles. The number of hydrogen-bond donors (Lipinski definition) is 0. The van der Waals surface area contributed by atoms with Crippen molar-refractivity contribution in [3.8, 4) is 56.4 Å². The molecule has 278 valence electrons. The molecule has 0 saturated heterocycles. The van der Waals surface area contributed by atoms with E-state index < -0.39 is 0 Å². The second kappa shape index (κ2) is 13.8. The lowest BCUT2D eigenvalue weighted by molar-refractivity contribution is 1.07. The normalized spacial score (nSPS) is 11.7. The van der Waals surface area contributed by atoms with Crippen LogP contribution in [0.4, 0.5) is 0 Å². The van der Waals surface area contributed by atoms with Crippen molar-refractivity contribution < 1.29 is 0 Å². The van der Waals surface area contributed by atoms with E-state index in [2.05, 4.69) is 206 Å². The Balaban J connectivity index is 1.03. The van der Waals surface area contributed by atoms with Crippen molar-refractivity contribution in [2.75, 3.05) is 0 Å². The highest BCUT2D eigenvalue weighted by Gasteiger charge is 2.18. The first-order valence-corrected chi connectivity index (χ1v) is 20.4. The molecule has 0 saturated carbocycles. The SMILES string of the molecule is c1ccc(-c2ccccc2-c2nc(-c3ccc(-c4c5ccccc5cc5c4ccc4ccccc45)cc3)nc(-c3ccc4c(ccc5c6ccccc6ccc45)c3)n2)cc1. The monoisotopic (exact) mass is 761 g/mol. The zero-order chi connectivity index (χ0) is 39.6. The number of hydrogen-bond acceptors (Lipinski definition) is 3. The van der Waals surface area contributed by atoms with Crippen LogP contribution in [0.15, 0.2) is 212 Å². The van der Waals surface area contributed by atoms with E-state index in [0.717, 1.165) is 38.8 Å². The molecule has 12 aromatic rings. The van der Waals surface area contributed by atoms with Crippen LogP contribution in [0.1, 0.15) is 0 Å². The quantitative estimate of drug-likeness (QED) is 0.129. The van der Waals surface area contributed by atoms with E-state index in [0.29, 0.717) is 17.5 Å². The lowest BCUT2D eigenvalue weighted by Crippen LogP contribution is -2.01. The molecule has 0 atom stereocenters. The predicted molar refractivity (Wildman–Crippen MR) is 252 cm³/mol. The van der Waals surface area contributed by atoms with Gasteiger partial charge in [-0.05, 0) is 99.0 Å². The molecule has 60 heavy (non-hydrogen) atoms. The minimum atomic E-state index is 0.628. The summed E-state index contributed by atoms with van der Waals surface area (Å²) in [6, 6.07) is 75.9. The Morgan fingerprint density at radius 2 is 0.683 bits per heavy atom. The average molecular weight is 762 g/mol. The van der Waals surface area contributed by atoms with Crippen LogP contribution in [0.2, 0.25) is 0 Å². The molecule has 3 heteroatoms. The second-order valence-electron chi connectivity index (χ2n) is 15.5. The molecule has 0 aliphatic carbocycles. The third-order valence-electron chi connectivity index (χ3n) is 12.1. The molecule has 0 aliphatic heterocycles. The van der Waals surface area contributed by atoms with Crippen molar-refractivity contribution >= 4 is 64.6 Å². The van der Waals surface area contributed by atoms with E-state index in [4.69, 9.17) is 15.0 Å². The van der Waals surface area contributed by atoms with Gasteiger partial charge in [0.2, 0.25) is 0 Å². The minimum Gasteiger partial charge on any atom is -0.208 e. The maximum atomic E-state index is 5.23. The van der Waals surface area contributed by atoms with Gasteiger partial charge < -0.3 is 0 Å². The first kappa shape index (κ1) is 34.1. The summed E-state index contributed by atoms with van der Waals surface area (Å²) >= 11 is 0. The van der Waals surface area contributed by atoms with Gasteiger partial charge >= 0.3 is 0 Å². The van der Waals surface area contributed by atoms with Gasteiger partial charge in [0.15, 0.2) is 17.5 Å². The largest absolute Gasteiger partial charge is 0.208 e. The number of aromatic nitrogens is 3. The molecule has 0 aliphatic rings. The molecular formula is C57H35N3. The Morgan fingerprint density at radius 1 is 0.217 bits per heavy atom. The standard InChI is InChI=1S/C57H35N3/c1-2-12-36(13-3-1)45-18-10-11-21-52(45)57-59-55(58-56(60-57)43-29-30-47-42(34-43)28-32-49-44-17-7-4-14-37(44)26-31-50(47)49)40-24-22-39(23-25-40)54-48-20-9-6-16-41(48)35-53-46-19-8-5-15-38(46)27-33-51(53)54/h1-35H. The Kier molecular flexibility index (Phi) is 7.85. The van der Waals surface area contributed by atoms with Crippen LogP contribution >= 0.6 is 0 Å². The second-order valence-corrected chi connectivity index (χ2v) is 15.5. The first-order valence-electron chi connectivity index (χ1n) is 20.4. The zero-order valence-electron chi connectivity index (χ0n) is 32.5. The maximum Gasteiger partial charge on any atom is 0.164 e. The third-order valence-corrected chi connectivity index (χ3v) is 12.1. The van der Waals surface area contributed by atoms with Crippen molar-refractivity contribution in [1.82, 2.24) is 15.0 Å².